The number of hydrogen-bond acceptors (Lipinski definition) is 1. The molecular weight excluding hydrogens is 122 g/mol. The maximum Gasteiger partial charge on any atom is -0.00180 e. The van der Waals surface area contributed by atoms with Crippen LogP contribution in [0.15, 0.2) is 0 Å². The van der Waals surface area contributed by atoms with Crippen LogP contribution in [-0.2, 0) is 0 Å². The van der Waals surface area contributed by atoms with Crippen LogP contribution in [0.25, 0.3) is 0 Å². The molecule has 0 aliphatic heterocycles. The van der Waals surface area contributed by atoms with E-state index < -0.39 is 0 Å². The first-order valence-electron chi connectivity index (χ1n) is 4.42. The summed E-state index contributed by atoms with van der Waals surface area (Å²) in [4.78, 5) is 0. The Bertz CT molecular complexity index is 140. The molecular formula is C9H17N. The van der Waals surface area contributed by atoms with Gasteiger partial charge in [-0.2, -0.15) is 0 Å². The highest BCUT2D eigenvalue weighted by Crippen LogP contribution is 2.64. The molecule has 2 aliphatic rings. The van der Waals surface area contributed by atoms with E-state index in [-0.39, 0.29) is 0 Å². The van der Waals surface area contributed by atoms with Gasteiger partial charge in [0.1, 0.15) is 0 Å². The zero-order valence-corrected chi connectivity index (χ0v) is 6.98. The monoisotopic (exact) mass is 139 g/mol. The van der Waals surface area contributed by atoms with E-state index in [1.807, 2.05) is 0 Å². The quantitative estimate of drug-likeness (QED) is 0.627. The Morgan fingerprint density at radius 1 is 1.50 bits per heavy atom. The highest BCUT2D eigenvalue weighted by atomic mass is 14.8. The number of rotatable bonds is 3. The van der Waals surface area contributed by atoms with Gasteiger partial charge in [0.05, 0.1) is 0 Å². The van der Waals surface area contributed by atoms with Crippen LogP contribution in [0.4, 0.5) is 0 Å². The minimum Gasteiger partial charge on any atom is -0.319 e. The van der Waals surface area contributed by atoms with Gasteiger partial charge < -0.3 is 5.32 Å². The van der Waals surface area contributed by atoms with Crippen molar-refractivity contribution in [2.45, 2.75) is 26.2 Å². The second kappa shape index (κ2) is 1.97. The summed E-state index contributed by atoms with van der Waals surface area (Å²) in [6.45, 7) is 3.71. The second-order valence-corrected chi connectivity index (χ2v) is 4.24. The van der Waals surface area contributed by atoms with Crippen molar-refractivity contribution in [1.82, 2.24) is 5.32 Å². The van der Waals surface area contributed by atoms with E-state index in [1.165, 1.54) is 25.8 Å². The summed E-state index contributed by atoms with van der Waals surface area (Å²) in [6.07, 6.45) is 4.51. The van der Waals surface area contributed by atoms with E-state index in [2.05, 4.69) is 19.3 Å². The highest BCUT2D eigenvalue weighted by molar-refractivity contribution is 5.07. The molecule has 0 aromatic heterocycles. The Morgan fingerprint density at radius 3 is 2.70 bits per heavy atom. The van der Waals surface area contributed by atoms with Gasteiger partial charge in [0.25, 0.3) is 0 Å². The van der Waals surface area contributed by atoms with Gasteiger partial charge in [-0.1, -0.05) is 6.92 Å². The fraction of sp³-hybridized carbons (Fsp3) is 1.00. The van der Waals surface area contributed by atoms with Gasteiger partial charge in [-0.3, -0.25) is 0 Å². The van der Waals surface area contributed by atoms with E-state index >= 15 is 0 Å². The fourth-order valence-corrected chi connectivity index (χ4v) is 2.27. The van der Waals surface area contributed by atoms with Crippen molar-refractivity contribution in [3.63, 3.8) is 0 Å². The van der Waals surface area contributed by atoms with Gasteiger partial charge in [-0.25, -0.2) is 0 Å². The SMILES string of the molecule is CNC[C@H]1C[C@]1(C)C1CC1. The zero-order valence-electron chi connectivity index (χ0n) is 6.98. The third-order valence-corrected chi connectivity index (χ3v) is 3.42. The standard InChI is InChI=1S/C9H17N/c1-9(7-3-4-7)5-8(9)6-10-2/h7-8,10H,3-6H2,1-2H3/t8-,9-/m1/s1. The Kier molecular flexibility index (Phi) is 1.31. The fourth-order valence-electron chi connectivity index (χ4n) is 2.27. The zero-order chi connectivity index (χ0) is 7.19. The molecule has 0 unspecified atom stereocenters. The van der Waals surface area contributed by atoms with Gasteiger partial charge in [0.15, 0.2) is 0 Å². The van der Waals surface area contributed by atoms with E-state index in [0.29, 0.717) is 0 Å². The first-order valence-corrected chi connectivity index (χ1v) is 4.42. The Hall–Kier alpha value is -0.0400. The predicted octanol–water partition coefficient (Wildman–Crippen LogP) is 1.64. The Balaban J connectivity index is 1.85. The smallest absolute Gasteiger partial charge is 0.00180 e. The second-order valence-electron chi connectivity index (χ2n) is 4.24. The molecule has 2 saturated carbocycles. The molecule has 0 saturated heterocycles. The third-order valence-electron chi connectivity index (χ3n) is 3.42. The topological polar surface area (TPSA) is 12.0 Å². The summed E-state index contributed by atoms with van der Waals surface area (Å²) in [5, 5.41) is 3.27. The van der Waals surface area contributed by atoms with Crippen molar-refractivity contribution in [3.8, 4) is 0 Å². The summed E-state index contributed by atoms with van der Waals surface area (Å²) in [5.74, 6) is 2.11. The molecule has 0 bridgehead atoms. The number of nitrogens with one attached hydrogen (secondary N) is 1. The maximum atomic E-state index is 3.27. The first-order chi connectivity index (χ1) is 4.77. The minimum absolute atomic E-state index is 0.767. The molecule has 58 valence electrons. The van der Waals surface area contributed by atoms with Crippen LogP contribution in [0.3, 0.4) is 0 Å². The van der Waals surface area contributed by atoms with Crippen LogP contribution in [-0.4, -0.2) is 13.6 Å². The molecule has 2 fully saturated rings. The van der Waals surface area contributed by atoms with Crippen LogP contribution in [0, 0.1) is 17.3 Å². The Labute approximate surface area is 63.2 Å². The van der Waals surface area contributed by atoms with Gasteiger partial charge in [0, 0.05) is 0 Å². The Morgan fingerprint density at radius 2 is 2.20 bits per heavy atom. The minimum atomic E-state index is 0.767. The van der Waals surface area contributed by atoms with Gasteiger partial charge in [-0.15, -0.1) is 0 Å². The molecule has 1 N–H and O–H groups in total. The van der Waals surface area contributed by atoms with E-state index in [1.54, 1.807) is 0 Å². The summed E-state index contributed by atoms with van der Waals surface area (Å²) in [5.41, 5.74) is 0.767. The lowest BCUT2D eigenvalue weighted by Gasteiger charge is -2.07. The number of hydrogen-bond donors (Lipinski definition) is 1. The molecule has 0 amide bonds. The molecule has 10 heavy (non-hydrogen) atoms. The lowest BCUT2D eigenvalue weighted by molar-refractivity contribution is 0.429. The van der Waals surface area contributed by atoms with E-state index in [4.69, 9.17) is 0 Å². The summed E-state index contributed by atoms with van der Waals surface area (Å²) >= 11 is 0. The highest BCUT2D eigenvalue weighted by Gasteiger charge is 2.57. The molecule has 0 aromatic carbocycles. The summed E-state index contributed by atoms with van der Waals surface area (Å²) in [7, 11) is 2.06. The molecule has 0 aromatic rings. The summed E-state index contributed by atoms with van der Waals surface area (Å²) < 4.78 is 0. The third kappa shape index (κ3) is 0.878. The van der Waals surface area contributed by atoms with Crippen LogP contribution in [0.5, 0.6) is 0 Å². The van der Waals surface area contributed by atoms with Crippen molar-refractivity contribution in [2.75, 3.05) is 13.6 Å². The average molecular weight is 139 g/mol. The molecule has 1 heteroatoms. The van der Waals surface area contributed by atoms with Crippen molar-refractivity contribution in [1.29, 1.82) is 0 Å². The molecule has 0 radical (unpaired) electrons. The van der Waals surface area contributed by atoms with Crippen LogP contribution < -0.4 is 5.32 Å². The van der Waals surface area contributed by atoms with Crippen molar-refractivity contribution >= 4 is 0 Å². The van der Waals surface area contributed by atoms with Gasteiger partial charge >= 0.3 is 0 Å². The molecule has 2 atom stereocenters. The molecule has 1 nitrogen and oxygen atoms in total. The largest absolute Gasteiger partial charge is 0.319 e. The van der Waals surface area contributed by atoms with Gasteiger partial charge in [0.2, 0.25) is 0 Å². The van der Waals surface area contributed by atoms with Crippen molar-refractivity contribution in [3.05, 3.63) is 0 Å². The van der Waals surface area contributed by atoms with Crippen LogP contribution in [0.2, 0.25) is 0 Å². The molecule has 0 spiro atoms. The normalized spacial score (nSPS) is 45.6. The molecule has 2 rings (SSSR count). The maximum absolute atomic E-state index is 3.27. The lowest BCUT2D eigenvalue weighted by Crippen LogP contribution is -2.14. The first kappa shape index (κ1) is 6.66. The predicted molar refractivity (Wildman–Crippen MR) is 42.9 cm³/mol. The average Bonchev–Trinajstić information content (AvgIpc) is 2.67. The van der Waals surface area contributed by atoms with E-state index in [9.17, 15) is 0 Å². The van der Waals surface area contributed by atoms with E-state index in [0.717, 1.165) is 17.3 Å². The van der Waals surface area contributed by atoms with Crippen molar-refractivity contribution in [2.24, 2.45) is 17.3 Å². The summed E-state index contributed by atoms with van der Waals surface area (Å²) in [6, 6.07) is 0. The lowest BCUT2D eigenvalue weighted by atomic mass is 10.0. The molecule has 2 aliphatic carbocycles. The van der Waals surface area contributed by atoms with Crippen LogP contribution >= 0.6 is 0 Å². The molecule has 0 heterocycles. The van der Waals surface area contributed by atoms with Crippen molar-refractivity contribution < 1.29 is 0 Å². The van der Waals surface area contributed by atoms with Crippen LogP contribution in [0.1, 0.15) is 26.2 Å². The van der Waals surface area contributed by atoms with Gasteiger partial charge in [-0.05, 0) is 50.1 Å².